The Bertz CT molecular complexity index is 1100. The molecule has 5 heteroatoms. The van der Waals surface area contributed by atoms with E-state index in [-0.39, 0.29) is 17.8 Å². The molecule has 0 amide bonds. The van der Waals surface area contributed by atoms with Gasteiger partial charge in [-0.25, -0.2) is 0 Å². The molecular formula is C34H49ClNO3+. The van der Waals surface area contributed by atoms with Gasteiger partial charge in [0.1, 0.15) is 11.5 Å². The molecule has 2 aromatic carbocycles. The second-order valence-electron chi connectivity index (χ2n) is 12.9. The van der Waals surface area contributed by atoms with E-state index in [0.717, 1.165) is 48.0 Å². The lowest BCUT2D eigenvalue weighted by molar-refractivity contribution is -0.915. The smallest absolute Gasteiger partial charge is 0.315 e. The zero-order valence-electron chi connectivity index (χ0n) is 24.6. The number of carbonyl (C=O) groups is 1. The van der Waals surface area contributed by atoms with Gasteiger partial charge in [-0.15, -0.1) is 0 Å². The summed E-state index contributed by atoms with van der Waals surface area (Å²) in [6, 6.07) is 14.3. The fraction of sp³-hybridized carbons (Fsp3) is 0.618. The highest BCUT2D eigenvalue weighted by molar-refractivity contribution is 6.30. The highest BCUT2D eigenvalue weighted by Crippen LogP contribution is 2.51. The first-order chi connectivity index (χ1) is 18.7. The maximum Gasteiger partial charge on any atom is 0.315 e. The van der Waals surface area contributed by atoms with Gasteiger partial charge in [0.15, 0.2) is 0 Å². The molecule has 2 aromatic rings. The van der Waals surface area contributed by atoms with Crippen LogP contribution < -0.4 is 4.74 Å². The maximum absolute atomic E-state index is 13.2. The van der Waals surface area contributed by atoms with Gasteiger partial charge >= 0.3 is 5.97 Å². The van der Waals surface area contributed by atoms with Crippen LogP contribution in [0.15, 0.2) is 42.5 Å². The lowest BCUT2D eigenvalue weighted by atomic mass is 9.84. The topological polar surface area (TPSA) is 35.5 Å². The molecule has 0 N–H and O–H groups in total. The summed E-state index contributed by atoms with van der Waals surface area (Å²) >= 11 is 6.43. The summed E-state index contributed by atoms with van der Waals surface area (Å²) in [6.45, 7) is 8.52. The molecule has 39 heavy (non-hydrogen) atoms. The highest BCUT2D eigenvalue weighted by Gasteiger charge is 2.48. The Morgan fingerprint density at radius 2 is 1.49 bits per heavy atom. The second-order valence-corrected chi connectivity index (χ2v) is 13.3. The Labute approximate surface area is 241 Å². The zero-order valence-corrected chi connectivity index (χ0v) is 25.4. The van der Waals surface area contributed by atoms with Crippen LogP contribution in [0.25, 0.3) is 0 Å². The highest BCUT2D eigenvalue weighted by atomic mass is 35.5. The summed E-state index contributed by atoms with van der Waals surface area (Å²) in [4.78, 5) is 13.2. The average molecular weight is 555 g/mol. The Kier molecular flexibility index (Phi) is 10.4. The molecule has 0 radical (unpaired) electrons. The van der Waals surface area contributed by atoms with Crippen molar-refractivity contribution in [3.63, 3.8) is 0 Å². The number of likely N-dealkylation sites (N-methyl/N-ethyl adjacent to an activating group) is 1. The number of hydrogen-bond donors (Lipinski definition) is 0. The molecule has 0 aliphatic carbocycles. The SMILES string of the molecule is CCCCCCCCCCCCC(C)(C)C(=O)OC[N+]1(C)C[C@@H]2c3ccccc3Oc3ccc(Cl)cc3[C@H]2C1. The van der Waals surface area contributed by atoms with Crippen molar-refractivity contribution in [1.29, 1.82) is 0 Å². The molecule has 0 aromatic heterocycles. The second kappa shape index (κ2) is 13.5. The Morgan fingerprint density at radius 3 is 2.18 bits per heavy atom. The first-order valence-electron chi connectivity index (χ1n) is 15.3. The normalized spacial score (nSPS) is 21.9. The summed E-state index contributed by atoms with van der Waals surface area (Å²) in [5, 5.41) is 0.725. The molecule has 2 heterocycles. The van der Waals surface area contributed by atoms with Gasteiger partial charge in [-0.3, -0.25) is 9.28 Å². The number of hydrogen-bond acceptors (Lipinski definition) is 3. The standard InChI is InChI=1S/C34H49ClNO3/c1-5-6-7-8-9-10-11-12-13-16-21-34(2,3)33(37)38-25-36(4)23-29-27-17-14-15-18-31(27)39-32-20-19-26(35)22-28(32)30(29)24-36/h14-15,17-20,22,29-30H,5-13,16,21,23-25H2,1-4H3/q+1/t29-,30-,36?/m1/s1. The van der Waals surface area contributed by atoms with Gasteiger partial charge in [0.05, 0.1) is 25.6 Å². The monoisotopic (exact) mass is 554 g/mol. The quantitative estimate of drug-likeness (QED) is 0.132. The van der Waals surface area contributed by atoms with Gasteiger partial charge in [-0.1, -0.05) is 101 Å². The third-order valence-corrected chi connectivity index (χ3v) is 9.12. The van der Waals surface area contributed by atoms with Crippen molar-refractivity contribution < 1.29 is 18.8 Å². The van der Waals surface area contributed by atoms with Gasteiger partial charge in [0, 0.05) is 28.0 Å². The first-order valence-corrected chi connectivity index (χ1v) is 15.7. The number of nitrogens with zero attached hydrogens (tertiary/aromatic N) is 1. The van der Waals surface area contributed by atoms with Crippen LogP contribution in [0.1, 0.15) is 114 Å². The Morgan fingerprint density at radius 1 is 0.897 bits per heavy atom. The van der Waals surface area contributed by atoms with Crippen LogP contribution in [0.2, 0.25) is 5.02 Å². The molecule has 2 aliphatic rings. The molecule has 3 atom stereocenters. The predicted molar refractivity (Wildman–Crippen MR) is 161 cm³/mol. The number of rotatable bonds is 14. The number of fused-ring (bicyclic) bond motifs is 5. The van der Waals surface area contributed by atoms with Gasteiger partial charge in [0.2, 0.25) is 6.73 Å². The van der Waals surface area contributed by atoms with Crippen LogP contribution in [-0.2, 0) is 9.53 Å². The van der Waals surface area contributed by atoms with E-state index in [0.29, 0.717) is 11.2 Å². The minimum Gasteiger partial charge on any atom is -0.457 e. The number of unbranched alkanes of at least 4 members (excludes halogenated alkanes) is 9. The maximum atomic E-state index is 13.2. The van der Waals surface area contributed by atoms with E-state index in [1.807, 2.05) is 32.0 Å². The Balaban J connectivity index is 1.29. The minimum absolute atomic E-state index is 0.0722. The molecule has 214 valence electrons. The number of ether oxygens (including phenoxy) is 2. The summed E-state index contributed by atoms with van der Waals surface area (Å²) < 4.78 is 13.1. The number of carbonyl (C=O) groups excluding carboxylic acids is 1. The molecule has 0 bridgehead atoms. The largest absolute Gasteiger partial charge is 0.457 e. The van der Waals surface area contributed by atoms with Crippen molar-refractivity contribution in [1.82, 2.24) is 0 Å². The van der Waals surface area contributed by atoms with E-state index in [1.165, 1.54) is 63.4 Å². The fourth-order valence-corrected chi connectivity index (χ4v) is 6.66. The van der Waals surface area contributed by atoms with E-state index in [9.17, 15) is 4.79 Å². The Hall–Kier alpha value is -2.04. The van der Waals surface area contributed by atoms with Crippen LogP contribution in [0, 0.1) is 5.41 Å². The third-order valence-electron chi connectivity index (χ3n) is 8.89. The van der Waals surface area contributed by atoms with E-state index >= 15 is 0 Å². The lowest BCUT2D eigenvalue weighted by Crippen LogP contribution is -2.45. The predicted octanol–water partition coefficient (Wildman–Crippen LogP) is 9.61. The number of quaternary nitrogens is 1. The van der Waals surface area contributed by atoms with Gasteiger partial charge in [0.25, 0.3) is 0 Å². The van der Waals surface area contributed by atoms with Crippen molar-refractivity contribution in [3.8, 4) is 11.5 Å². The molecule has 0 spiro atoms. The van der Waals surface area contributed by atoms with E-state index in [4.69, 9.17) is 21.1 Å². The van der Waals surface area contributed by atoms with Crippen LogP contribution >= 0.6 is 11.6 Å². The summed E-state index contributed by atoms with van der Waals surface area (Å²) in [7, 11) is 2.21. The van der Waals surface area contributed by atoms with Crippen molar-refractivity contribution in [2.45, 2.75) is 103 Å². The zero-order chi connectivity index (χ0) is 27.9. The number of benzene rings is 2. The first kappa shape index (κ1) is 29.9. The number of halogens is 1. The van der Waals surface area contributed by atoms with Crippen LogP contribution in [-0.4, -0.2) is 37.3 Å². The molecule has 1 fully saturated rings. The molecule has 4 rings (SSSR count). The summed E-state index contributed by atoms with van der Waals surface area (Å²) in [5.41, 5.74) is 1.92. The molecule has 1 saturated heterocycles. The molecule has 2 aliphatic heterocycles. The molecule has 0 saturated carbocycles. The van der Waals surface area contributed by atoms with Gasteiger partial charge in [-0.05, 0) is 44.5 Å². The van der Waals surface area contributed by atoms with E-state index in [2.05, 4.69) is 38.2 Å². The van der Waals surface area contributed by atoms with E-state index < -0.39 is 5.41 Å². The third kappa shape index (κ3) is 7.79. The van der Waals surface area contributed by atoms with Crippen molar-refractivity contribution >= 4 is 17.6 Å². The minimum atomic E-state index is -0.455. The lowest BCUT2D eigenvalue weighted by Gasteiger charge is -2.31. The molecule has 4 nitrogen and oxygen atoms in total. The van der Waals surface area contributed by atoms with Crippen molar-refractivity contribution in [2.75, 3.05) is 26.9 Å². The average Bonchev–Trinajstić information content (AvgIpc) is 3.21. The fourth-order valence-electron chi connectivity index (χ4n) is 6.48. The molecular weight excluding hydrogens is 506 g/mol. The van der Waals surface area contributed by atoms with E-state index in [1.54, 1.807) is 0 Å². The van der Waals surface area contributed by atoms with Gasteiger partial charge < -0.3 is 9.47 Å². The number of esters is 1. The van der Waals surface area contributed by atoms with Gasteiger partial charge in [-0.2, -0.15) is 0 Å². The van der Waals surface area contributed by atoms with Crippen molar-refractivity contribution in [2.24, 2.45) is 5.41 Å². The van der Waals surface area contributed by atoms with Crippen LogP contribution in [0.3, 0.4) is 0 Å². The molecule has 1 unspecified atom stereocenters. The van der Waals surface area contributed by atoms with Crippen LogP contribution in [0.4, 0.5) is 0 Å². The van der Waals surface area contributed by atoms with Crippen molar-refractivity contribution in [3.05, 3.63) is 58.6 Å². The summed E-state index contributed by atoms with van der Waals surface area (Å²) in [6.07, 6.45) is 13.9. The number of likely N-dealkylation sites (tertiary alicyclic amines) is 1. The van der Waals surface area contributed by atoms with Crippen LogP contribution in [0.5, 0.6) is 11.5 Å². The summed E-state index contributed by atoms with van der Waals surface area (Å²) in [5.74, 6) is 2.26. The number of para-hydroxylation sites is 1.